The molecule has 0 bridgehead atoms. The quantitative estimate of drug-likeness (QED) is 0.765. The number of ether oxygens (including phenoxy) is 3. The van der Waals surface area contributed by atoms with E-state index >= 15 is 0 Å². The van der Waals surface area contributed by atoms with Gasteiger partial charge in [-0.3, -0.25) is 0 Å². The number of hydrogen-bond acceptors (Lipinski definition) is 4. The Labute approximate surface area is 95.4 Å². The fourth-order valence-electron chi connectivity index (χ4n) is 1.39. The number of rotatable bonds is 5. The lowest BCUT2D eigenvalue weighted by Crippen LogP contribution is -2.02. The molecule has 4 heteroatoms. The fourth-order valence-corrected chi connectivity index (χ4v) is 1.39. The Bertz CT molecular complexity index is 384. The lowest BCUT2D eigenvalue weighted by molar-refractivity contribution is 0.102. The average molecular weight is 221 g/mol. The largest absolute Gasteiger partial charge is 0.493 e. The van der Waals surface area contributed by atoms with Gasteiger partial charge in [-0.1, -0.05) is 6.07 Å². The smallest absolute Gasteiger partial charge is 0.169 e. The highest BCUT2D eigenvalue weighted by molar-refractivity contribution is 5.44. The summed E-state index contributed by atoms with van der Waals surface area (Å²) in [6.07, 6.45) is -0.565. The zero-order valence-electron chi connectivity index (χ0n) is 9.69. The zero-order chi connectivity index (χ0) is 12.0. The number of hydrogen-bond donors (Lipinski definition) is 0. The molecular formula is C12H15NO3. The number of nitriles is 1. The summed E-state index contributed by atoms with van der Waals surface area (Å²) in [5.74, 6) is 1.24. The minimum atomic E-state index is -0.565. The van der Waals surface area contributed by atoms with Gasteiger partial charge in [-0.05, 0) is 24.6 Å². The van der Waals surface area contributed by atoms with Crippen LogP contribution in [-0.4, -0.2) is 20.8 Å². The van der Waals surface area contributed by atoms with Crippen molar-refractivity contribution < 1.29 is 14.2 Å². The molecule has 0 heterocycles. The third kappa shape index (κ3) is 2.65. The Kier molecular flexibility index (Phi) is 4.62. The van der Waals surface area contributed by atoms with Crippen LogP contribution < -0.4 is 9.47 Å². The van der Waals surface area contributed by atoms with E-state index in [4.69, 9.17) is 19.5 Å². The molecule has 0 saturated carbocycles. The Balaban J connectivity index is 3.02. The predicted octanol–water partition coefficient (Wildman–Crippen LogP) is 2.30. The summed E-state index contributed by atoms with van der Waals surface area (Å²) in [5.41, 5.74) is 0.766. The molecule has 0 aliphatic heterocycles. The summed E-state index contributed by atoms with van der Waals surface area (Å²) in [7, 11) is 3.13. The second-order valence-corrected chi connectivity index (χ2v) is 3.08. The van der Waals surface area contributed by atoms with Crippen molar-refractivity contribution >= 4 is 0 Å². The van der Waals surface area contributed by atoms with Crippen LogP contribution >= 0.6 is 0 Å². The highest BCUT2D eigenvalue weighted by atomic mass is 16.5. The molecule has 0 amide bonds. The summed E-state index contributed by atoms with van der Waals surface area (Å²) in [4.78, 5) is 0. The normalized spacial score (nSPS) is 11.6. The van der Waals surface area contributed by atoms with Crippen molar-refractivity contribution in [1.29, 1.82) is 5.26 Å². The SMILES string of the molecule is CCOC(C#N)c1ccc(OC)c(OC)c1. The van der Waals surface area contributed by atoms with Gasteiger partial charge in [0.25, 0.3) is 0 Å². The molecule has 0 aliphatic rings. The van der Waals surface area contributed by atoms with Gasteiger partial charge in [0.1, 0.15) is 0 Å². The van der Waals surface area contributed by atoms with Crippen molar-refractivity contribution in [2.75, 3.05) is 20.8 Å². The van der Waals surface area contributed by atoms with E-state index in [9.17, 15) is 0 Å². The first kappa shape index (κ1) is 12.3. The Morgan fingerprint density at radius 3 is 2.44 bits per heavy atom. The van der Waals surface area contributed by atoms with Gasteiger partial charge >= 0.3 is 0 Å². The van der Waals surface area contributed by atoms with E-state index in [0.29, 0.717) is 18.1 Å². The second-order valence-electron chi connectivity index (χ2n) is 3.08. The van der Waals surface area contributed by atoms with Crippen LogP contribution in [0.1, 0.15) is 18.6 Å². The molecule has 1 atom stereocenters. The molecule has 0 N–H and O–H groups in total. The van der Waals surface area contributed by atoms with Gasteiger partial charge in [0.15, 0.2) is 17.6 Å². The van der Waals surface area contributed by atoms with Crippen LogP contribution in [0, 0.1) is 11.3 Å². The lowest BCUT2D eigenvalue weighted by atomic mass is 10.1. The first-order chi connectivity index (χ1) is 7.76. The lowest BCUT2D eigenvalue weighted by Gasteiger charge is -2.12. The molecule has 86 valence electrons. The monoisotopic (exact) mass is 221 g/mol. The second kappa shape index (κ2) is 5.99. The summed E-state index contributed by atoms with van der Waals surface area (Å²) >= 11 is 0. The Morgan fingerprint density at radius 2 is 1.94 bits per heavy atom. The molecule has 0 aliphatic carbocycles. The maximum Gasteiger partial charge on any atom is 0.169 e. The van der Waals surface area contributed by atoms with E-state index in [2.05, 4.69) is 6.07 Å². The van der Waals surface area contributed by atoms with Gasteiger partial charge < -0.3 is 14.2 Å². The molecule has 1 aromatic carbocycles. The van der Waals surface area contributed by atoms with Crippen LogP contribution in [0.25, 0.3) is 0 Å². The third-order valence-corrected chi connectivity index (χ3v) is 2.16. The van der Waals surface area contributed by atoms with E-state index in [-0.39, 0.29) is 0 Å². The van der Waals surface area contributed by atoms with Crippen molar-refractivity contribution in [3.05, 3.63) is 23.8 Å². The molecule has 0 aromatic heterocycles. The predicted molar refractivity (Wildman–Crippen MR) is 59.5 cm³/mol. The Morgan fingerprint density at radius 1 is 1.25 bits per heavy atom. The molecule has 0 radical (unpaired) electrons. The van der Waals surface area contributed by atoms with E-state index in [1.165, 1.54) is 0 Å². The first-order valence-electron chi connectivity index (χ1n) is 5.00. The van der Waals surface area contributed by atoms with Crippen molar-refractivity contribution in [3.8, 4) is 17.6 Å². The average Bonchev–Trinajstić information content (AvgIpc) is 2.35. The van der Waals surface area contributed by atoms with Crippen molar-refractivity contribution in [2.45, 2.75) is 13.0 Å². The van der Waals surface area contributed by atoms with Gasteiger partial charge in [0.2, 0.25) is 0 Å². The van der Waals surface area contributed by atoms with Crippen LogP contribution in [0.2, 0.25) is 0 Å². The van der Waals surface area contributed by atoms with Crippen molar-refractivity contribution in [1.82, 2.24) is 0 Å². The van der Waals surface area contributed by atoms with Crippen molar-refractivity contribution in [3.63, 3.8) is 0 Å². The zero-order valence-corrected chi connectivity index (χ0v) is 9.69. The van der Waals surface area contributed by atoms with E-state index in [0.717, 1.165) is 5.56 Å². The Hall–Kier alpha value is -1.73. The van der Waals surface area contributed by atoms with Crippen LogP contribution in [0.5, 0.6) is 11.5 Å². The molecule has 1 aromatic rings. The van der Waals surface area contributed by atoms with E-state index < -0.39 is 6.10 Å². The highest BCUT2D eigenvalue weighted by Crippen LogP contribution is 2.30. The van der Waals surface area contributed by atoms with E-state index in [1.54, 1.807) is 32.4 Å². The minimum absolute atomic E-state index is 0.493. The summed E-state index contributed by atoms with van der Waals surface area (Å²) in [6.45, 7) is 2.34. The highest BCUT2D eigenvalue weighted by Gasteiger charge is 2.13. The van der Waals surface area contributed by atoms with Gasteiger partial charge in [-0.2, -0.15) is 5.26 Å². The fraction of sp³-hybridized carbons (Fsp3) is 0.417. The number of nitrogens with zero attached hydrogens (tertiary/aromatic N) is 1. The van der Waals surface area contributed by atoms with Gasteiger partial charge in [0, 0.05) is 6.61 Å². The van der Waals surface area contributed by atoms with E-state index in [1.807, 2.05) is 6.92 Å². The molecule has 1 unspecified atom stereocenters. The molecule has 16 heavy (non-hydrogen) atoms. The molecule has 0 fully saturated rings. The minimum Gasteiger partial charge on any atom is -0.493 e. The summed E-state index contributed by atoms with van der Waals surface area (Å²) < 4.78 is 15.6. The molecule has 4 nitrogen and oxygen atoms in total. The van der Waals surface area contributed by atoms with Gasteiger partial charge in [-0.15, -0.1) is 0 Å². The first-order valence-corrected chi connectivity index (χ1v) is 5.00. The maximum atomic E-state index is 8.95. The standard InChI is InChI=1S/C12H15NO3/c1-4-16-12(8-13)9-5-6-10(14-2)11(7-9)15-3/h5-7,12H,4H2,1-3H3. The maximum absolute atomic E-state index is 8.95. The number of methoxy groups -OCH3 is 2. The van der Waals surface area contributed by atoms with Crippen LogP contribution in [0.4, 0.5) is 0 Å². The van der Waals surface area contributed by atoms with Gasteiger partial charge in [-0.25, -0.2) is 0 Å². The summed E-state index contributed by atoms with van der Waals surface area (Å²) in [6, 6.07) is 7.40. The van der Waals surface area contributed by atoms with Crippen LogP contribution in [0.15, 0.2) is 18.2 Å². The van der Waals surface area contributed by atoms with Crippen LogP contribution in [-0.2, 0) is 4.74 Å². The summed E-state index contributed by atoms with van der Waals surface area (Å²) in [5, 5.41) is 8.95. The molecule has 1 rings (SSSR count). The molecular weight excluding hydrogens is 206 g/mol. The number of benzene rings is 1. The third-order valence-electron chi connectivity index (χ3n) is 2.16. The van der Waals surface area contributed by atoms with Gasteiger partial charge in [0.05, 0.1) is 20.3 Å². The van der Waals surface area contributed by atoms with Crippen molar-refractivity contribution in [2.24, 2.45) is 0 Å². The molecule has 0 saturated heterocycles. The topological polar surface area (TPSA) is 51.5 Å². The molecule has 0 spiro atoms. The van der Waals surface area contributed by atoms with Crippen LogP contribution in [0.3, 0.4) is 0 Å².